The average Bonchev–Trinajstić information content (AvgIpc) is 2.21. The number of ether oxygens (including phenoxy) is 1. The van der Waals surface area contributed by atoms with Crippen LogP contribution in [-0.4, -0.2) is 18.6 Å². The quantitative estimate of drug-likeness (QED) is 0.751. The van der Waals surface area contributed by atoms with Crippen molar-refractivity contribution in [3.05, 3.63) is 27.7 Å². The van der Waals surface area contributed by atoms with E-state index in [1.165, 1.54) is 15.6 Å². The summed E-state index contributed by atoms with van der Waals surface area (Å²) in [5, 5.41) is 0. The Morgan fingerprint density at radius 1 is 1.27 bits per heavy atom. The Labute approximate surface area is 105 Å². The molecule has 1 nitrogen and oxygen atoms in total. The van der Waals surface area contributed by atoms with E-state index in [-0.39, 0.29) is 0 Å². The van der Waals surface area contributed by atoms with Gasteiger partial charge in [-0.2, -0.15) is 11.8 Å². The number of aryl methyl sites for hydroxylation is 2. The van der Waals surface area contributed by atoms with Gasteiger partial charge in [0.1, 0.15) is 5.75 Å². The minimum absolute atomic E-state index is 0.807. The summed E-state index contributed by atoms with van der Waals surface area (Å²) in [6.07, 6.45) is 3.23. The first-order valence-electron chi connectivity index (χ1n) is 5.03. The van der Waals surface area contributed by atoms with E-state index in [1.807, 2.05) is 11.8 Å². The zero-order valence-corrected chi connectivity index (χ0v) is 11.9. The van der Waals surface area contributed by atoms with E-state index in [0.29, 0.717) is 0 Å². The van der Waals surface area contributed by atoms with Gasteiger partial charge in [0, 0.05) is 4.47 Å². The van der Waals surface area contributed by atoms with E-state index in [9.17, 15) is 0 Å². The van der Waals surface area contributed by atoms with Crippen molar-refractivity contribution in [2.45, 2.75) is 20.3 Å². The van der Waals surface area contributed by atoms with Gasteiger partial charge in [-0.3, -0.25) is 0 Å². The number of rotatable bonds is 5. The van der Waals surface area contributed by atoms with Gasteiger partial charge in [0.15, 0.2) is 0 Å². The van der Waals surface area contributed by atoms with Gasteiger partial charge < -0.3 is 4.74 Å². The molecule has 0 aromatic heterocycles. The molecule has 1 rings (SSSR count). The zero-order valence-electron chi connectivity index (χ0n) is 9.47. The van der Waals surface area contributed by atoms with Crippen molar-refractivity contribution in [2.75, 3.05) is 18.6 Å². The molecule has 1 aromatic rings. The SMILES string of the molecule is CSCCCOc1cc(C)c(Br)c(C)c1. The molecule has 0 amide bonds. The molecule has 0 heterocycles. The van der Waals surface area contributed by atoms with Crippen LogP contribution < -0.4 is 4.74 Å². The third-order valence-corrected chi connectivity index (χ3v) is 4.12. The van der Waals surface area contributed by atoms with Crippen molar-refractivity contribution >= 4 is 27.7 Å². The Bertz CT molecular complexity index is 302. The molecule has 0 aliphatic rings. The highest BCUT2D eigenvalue weighted by molar-refractivity contribution is 9.10. The van der Waals surface area contributed by atoms with Crippen LogP contribution in [0.15, 0.2) is 16.6 Å². The predicted molar refractivity (Wildman–Crippen MR) is 72.1 cm³/mol. The molecule has 0 aliphatic heterocycles. The van der Waals surface area contributed by atoms with E-state index in [0.717, 1.165) is 24.5 Å². The number of hydrogen-bond acceptors (Lipinski definition) is 2. The van der Waals surface area contributed by atoms with Gasteiger partial charge in [0.25, 0.3) is 0 Å². The van der Waals surface area contributed by atoms with Crippen molar-refractivity contribution in [2.24, 2.45) is 0 Å². The first-order chi connectivity index (χ1) is 7.15. The van der Waals surface area contributed by atoms with Crippen molar-refractivity contribution < 1.29 is 4.74 Å². The Balaban J connectivity index is 2.55. The van der Waals surface area contributed by atoms with Crippen molar-refractivity contribution in [3.8, 4) is 5.75 Å². The fourth-order valence-electron chi connectivity index (χ4n) is 1.38. The Kier molecular flexibility index (Phi) is 5.54. The predicted octanol–water partition coefficient (Wildman–Crippen LogP) is 4.20. The molecular formula is C12H17BrOS. The minimum atomic E-state index is 0.807. The van der Waals surface area contributed by atoms with Crippen molar-refractivity contribution in [1.82, 2.24) is 0 Å². The number of halogens is 1. The summed E-state index contributed by atoms with van der Waals surface area (Å²) < 4.78 is 6.87. The van der Waals surface area contributed by atoms with Crippen molar-refractivity contribution in [3.63, 3.8) is 0 Å². The molecule has 0 bridgehead atoms. The average molecular weight is 289 g/mol. The van der Waals surface area contributed by atoms with Gasteiger partial charge in [-0.05, 0) is 55.5 Å². The maximum absolute atomic E-state index is 5.69. The van der Waals surface area contributed by atoms with Crippen LogP contribution in [0.3, 0.4) is 0 Å². The lowest BCUT2D eigenvalue weighted by Crippen LogP contribution is -1.99. The lowest BCUT2D eigenvalue weighted by molar-refractivity contribution is 0.318. The van der Waals surface area contributed by atoms with Crippen LogP contribution in [0.25, 0.3) is 0 Å². The Morgan fingerprint density at radius 2 is 1.87 bits per heavy atom. The lowest BCUT2D eigenvalue weighted by atomic mass is 10.1. The van der Waals surface area contributed by atoms with Gasteiger partial charge in [-0.1, -0.05) is 15.9 Å². The lowest BCUT2D eigenvalue weighted by Gasteiger charge is -2.09. The van der Waals surface area contributed by atoms with Gasteiger partial charge in [-0.15, -0.1) is 0 Å². The van der Waals surface area contributed by atoms with Crippen LogP contribution in [0, 0.1) is 13.8 Å². The maximum atomic E-state index is 5.69. The molecule has 15 heavy (non-hydrogen) atoms. The molecule has 0 N–H and O–H groups in total. The number of hydrogen-bond donors (Lipinski definition) is 0. The Morgan fingerprint density at radius 3 is 2.40 bits per heavy atom. The first-order valence-corrected chi connectivity index (χ1v) is 7.22. The second-order valence-electron chi connectivity index (χ2n) is 3.57. The molecule has 84 valence electrons. The fourth-order valence-corrected chi connectivity index (χ4v) is 2.02. The van der Waals surface area contributed by atoms with Crippen LogP contribution in [0.1, 0.15) is 17.5 Å². The Hall–Kier alpha value is -0.150. The van der Waals surface area contributed by atoms with Crippen LogP contribution in [-0.2, 0) is 0 Å². The van der Waals surface area contributed by atoms with Crippen LogP contribution in [0.2, 0.25) is 0 Å². The fraction of sp³-hybridized carbons (Fsp3) is 0.500. The molecule has 1 aromatic carbocycles. The van der Waals surface area contributed by atoms with E-state index in [2.05, 4.69) is 48.2 Å². The third-order valence-electron chi connectivity index (χ3n) is 2.17. The van der Waals surface area contributed by atoms with Gasteiger partial charge in [0.2, 0.25) is 0 Å². The van der Waals surface area contributed by atoms with Gasteiger partial charge in [-0.25, -0.2) is 0 Å². The summed E-state index contributed by atoms with van der Waals surface area (Å²) in [5.74, 6) is 2.14. The van der Waals surface area contributed by atoms with Crippen LogP contribution >= 0.6 is 27.7 Å². The summed E-state index contributed by atoms with van der Waals surface area (Å²) in [6.45, 7) is 4.99. The number of thioether (sulfide) groups is 1. The van der Waals surface area contributed by atoms with E-state index in [4.69, 9.17) is 4.74 Å². The minimum Gasteiger partial charge on any atom is -0.494 e. The number of benzene rings is 1. The summed E-state index contributed by atoms with van der Waals surface area (Å²) >= 11 is 5.41. The van der Waals surface area contributed by atoms with Crippen LogP contribution in [0.5, 0.6) is 5.75 Å². The summed E-state index contributed by atoms with van der Waals surface area (Å²) in [6, 6.07) is 4.16. The van der Waals surface area contributed by atoms with Gasteiger partial charge in [0.05, 0.1) is 6.61 Å². The smallest absolute Gasteiger partial charge is 0.119 e. The molecule has 0 aliphatic carbocycles. The molecule has 0 atom stereocenters. The zero-order chi connectivity index (χ0) is 11.3. The van der Waals surface area contributed by atoms with Gasteiger partial charge >= 0.3 is 0 Å². The molecule has 0 fully saturated rings. The monoisotopic (exact) mass is 288 g/mol. The second-order valence-corrected chi connectivity index (χ2v) is 5.34. The maximum Gasteiger partial charge on any atom is 0.119 e. The van der Waals surface area contributed by atoms with Crippen molar-refractivity contribution in [1.29, 1.82) is 0 Å². The summed E-state index contributed by atoms with van der Waals surface area (Å²) in [4.78, 5) is 0. The molecule has 0 saturated carbocycles. The summed E-state index contributed by atoms with van der Waals surface area (Å²) in [5.41, 5.74) is 2.46. The topological polar surface area (TPSA) is 9.23 Å². The van der Waals surface area contributed by atoms with E-state index in [1.54, 1.807) is 0 Å². The molecule has 0 radical (unpaired) electrons. The molecule has 0 spiro atoms. The molecule has 0 unspecified atom stereocenters. The highest BCUT2D eigenvalue weighted by Gasteiger charge is 2.02. The first kappa shape index (κ1) is 12.9. The standard InChI is InChI=1S/C12H17BrOS/c1-9-7-11(8-10(2)12(9)13)14-5-4-6-15-3/h7-8H,4-6H2,1-3H3. The highest BCUT2D eigenvalue weighted by atomic mass is 79.9. The molecule has 0 saturated heterocycles. The van der Waals surface area contributed by atoms with Crippen LogP contribution in [0.4, 0.5) is 0 Å². The third kappa shape index (κ3) is 4.07. The summed E-state index contributed by atoms with van der Waals surface area (Å²) in [7, 11) is 0. The van der Waals surface area contributed by atoms with E-state index >= 15 is 0 Å². The normalized spacial score (nSPS) is 10.4. The highest BCUT2D eigenvalue weighted by Crippen LogP contribution is 2.26. The van der Waals surface area contributed by atoms with E-state index < -0.39 is 0 Å². The molecule has 3 heteroatoms. The largest absolute Gasteiger partial charge is 0.494 e. The molecular weight excluding hydrogens is 272 g/mol. The second kappa shape index (κ2) is 6.44.